The van der Waals surface area contributed by atoms with Crippen LogP contribution in [-0.4, -0.2) is 53.6 Å². The Morgan fingerprint density at radius 1 is 1.24 bits per heavy atom. The van der Waals surface area contributed by atoms with Crippen molar-refractivity contribution in [2.24, 2.45) is 0 Å². The molecule has 8 nitrogen and oxygen atoms in total. The number of nitrogens with one attached hydrogen (secondary N) is 1. The monoisotopic (exact) mass is 432 g/mol. The predicted molar refractivity (Wildman–Crippen MR) is 110 cm³/mol. The average Bonchev–Trinajstić information content (AvgIpc) is 3.40. The molecule has 1 aromatic carbocycles. The average molecular weight is 433 g/mol. The van der Waals surface area contributed by atoms with E-state index in [0.29, 0.717) is 29.8 Å². The zero-order valence-corrected chi connectivity index (χ0v) is 17.4. The standard InChI is InChI=1S/C19H20N4O4S2/c1-22(12-16-20-14-7-3-2-6-13(14)18(24)21-16)19(25)17-15(8-11-28-17)29(26,27)23-9-4-5-10-23/h2-3,6-8,11H,4-5,9-10,12H2,1H3,(H,20,21,24). The molecular formula is C19H20N4O4S2. The van der Waals surface area contributed by atoms with Gasteiger partial charge in [0, 0.05) is 20.1 Å². The minimum atomic E-state index is -3.69. The van der Waals surface area contributed by atoms with E-state index >= 15 is 0 Å². The summed E-state index contributed by atoms with van der Waals surface area (Å²) in [5, 5.41) is 2.09. The first kappa shape index (κ1) is 19.7. The highest BCUT2D eigenvalue weighted by Gasteiger charge is 2.32. The van der Waals surface area contributed by atoms with Gasteiger partial charge in [-0.2, -0.15) is 4.31 Å². The number of para-hydroxylation sites is 1. The van der Waals surface area contributed by atoms with Crippen molar-refractivity contribution in [3.8, 4) is 0 Å². The maximum atomic E-state index is 13.0. The first-order valence-corrected chi connectivity index (χ1v) is 11.5. The molecule has 1 aliphatic heterocycles. The summed E-state index contributed by atoms with van der Waals surface area (Å²) in [6, 6.07) is 8.44. The molecule has 3 heterocycles. The lowest BCUT2D eigenvalue weighted by Gasteiger charge is -2.19. The van der Waals surface area contributed by atoms with Gasteiger partial charge in [-0.3, -0.25) is 9.59 Å². The molecule has 3 aromatic rings. The van der Waals surface area contributed by atoms with Gasteiger partial charge in [0.15, 0.2) is 0 Å². The van der Waals surface area contributed by atoms with E-state index in [1.54, 1.807) is 36.7 Å². The summed E-state index contributed by atoms with van der Waals surface area (Å²) in [5.41, 5.74) is 0.264. The van der Waals surface area contributed by atoms with Crippen molar-refractivity contribution >= 4 is 38.2 Å². The Hall–Kier alpha value is -2.56. The Balaban J connectivity index is 1.60. The molecule has 0 atom stereocenters. The number of aromatic amines is 1. The third-order valence-electron chi connectivity index (χ3n) is 4.90. The third kappa shape index (κ3) is 3.70. The number of carbonyl (C=O) groups is 1. The van der Waals surface area contributed by atoms with Crippen LogP contribution in [0.3, 0.4) is 0 Å². The Kier molecular flexibility index (Phi) is 5.24. The van der Waals surface area contributed by atoms with E-state index in [1.165, 1.54) is 15.3 Å². The molecule has 0 saturated carbocycles. The predicted octanol–water partition coefficient (Wildman–Crippen LogP) is 2.04. The molecule has 1 fully saturated rings. The van der Waals surface area contributed by atoms with Crippen molar-refractivity contribution in [2.75, 3.05) is 20.1 Å². The number of fused-ring (bicyclic) bond motifs is 1. The zero-order chi connectivity index (χ0) is 20.6. The van der Waals surface area contributed by atoms with Gasteiger partial charge in [-0.15, -0.1) is 11.3 Å². The normalized spacial score (nSPS) is 15.1. The summed E-state index contributed by atoms with van der Waals surface area (Å²) in [4.78, 5) is 33.9. The van der Waals surface area contributed by atoms with Crippen LogP contribution in [0.2, 0.25) is 0 Å². The third-order valence-corrected chi connectivity index (χ3v) is 7.87. The van der Waals surface area contributed by atoms with E-state index in [2.05, 4.69) is 9.97 Å². The van der Waals surface area contributed by atoms with Gasteiger partial charge < -0.3 is 9.88 Å². The van der Waals surface area contributed by atoms with E-state index < -0.39 is 15.9 Å². The van der Waals surface area contributed by atoms with E-state index in [1.807, 2.05) is 0 Å². The Morgan fingerprint density at radius 2 is 1.97 bits per heavy atom. The van der Waals surface area contributed by atoms with Crippen LogP contribution >= 0.6 is 11.3 Å². The van der Waals surface area contributed by atoms with Gasteiger partial charge in [0.1, 0.15) is 15.6 Å². The van der Waals surface area contributed by atoms with Crippen LogP contribution in [0.25, 0.3) is 10.9 Å². The summed E-state index contributed by atoms with van der Waals surface area (Å²) >= 11 is 1.10. The minimum absolute atomic E-state index is 0.0428. The first-order chi connectivity index (χ1) is 13.9. The second kappa shape index (κ2) is 7.69. The number of carbonyl (C=O) groups excluding carboxylic acids is 1. The molecule has 0 bridgehead atoms. The summed E-state index contributed by atoms with van der Waals surface area (Å²) in [6.45, 7) is 1.01. The van der Waals surface area contributed by atoms with Gasteiger partial charge in [-0.1, -0.05) is 12.1 Å². The smallest absolute Gasteiger partial charge is 0.265 e. The zero-order valence-electron chi connectivity index (χ0n) is 15.8. The van der Waals surface area contributed by atoms with Crippen LogP contribution in [0.15, 0.2) is 45.4 Å². The number of nitrogens with zero attached hydrogens (tertiary/aromatic N) is 3. The largest absolute Gasteiger partial charge is 0.334 e. The van der Waals surface area contributed by atoms with Crippen molar-refractivity contribution in [3.63, 3.8) is 0 Å². The molecule has 10 heteroatoms. The van der Waals surface area contributed by atoms with Crippen LogP contribution in [0, 0.1) is 0 Å². The molecule has 0 aliphatic carbocycles. The summed E-state index contributed by atoms with van der Waals surface area (Å²) < 4.78 is 27.2. The van der Waals surface area contributed by atoms with Gasteiger partial charge in [-0.05, 0) is 36.4 Å². The number of thiophene rings is 1. The maximum Gasteiger partial charge on any atom is 0.265 e. The van der Waals surface area contributed by atoms with Crippen molar-refractivity contribution in [2.45, 2.75) is 24.3 Å². The van der Waals surface area contributed by atoms with Crippen molar-refractivity contribution in [3.05, 3.63) is 56.8 Å². The Morgan fingerprint density at radius 3 is 2.72 bits per heavy atom. The maximum absolute atomic E-state index is 13.0. The number of rotatable bonds is 5. The number of benzene rings is 1. The summed E-state index contributed by atoms with van der Waals surface area (Å²) in [6.07, 6.45) is 1.65. The first-order valence-electron chi connectivity index (χ1n) is 9.19. The molecule has 1 aliphatic rings. The number of amides is 1. The molecule has 0 spiro atoms. The van der Waals surface area contributed by atoms with Gasteiger partial charge in [-0.25, -0.2) is 13.4 Å². The molecule has 1 amide bonds. The Bertz CT molecular complexity index is 1230. The lowest BCUT2D eigenvalue weighted by Crippen LogP contribution is -2.32. The summed E-state index contributed by atoms with van der Waals surface area (Å²) in [5.74, 6) is -0.0846. The topological polar surface area (TPSA) is 103 Å². The van der Waals surface area contributed by atoms with Crippen LogP contribution in [0.1, 0.15) is 28.3 Å². The quantitative estimate of drug-likeness (QED) is 0.665. The van der Waals surface area contributed by atoms with Crippen LogP contribution in [-0.2, 0) is 16.6 Å². The van der Waals surface area contributed by atoms with Gasteiger partial charge in [0.05, 0.1) is 17.4 Å². The second-order valence-corrected chi connectivity index (χ2v) is 9.74. The molecule has 2 aromatic heterocycles. The number of aromatic nitrogens is 2. The van der Waals surface area contributed by atoms with Crippen LogP contribution < -0.4 is 5.56 Å². The number of hydrogen-bond donors (Lipinski definition) is 1. The van der Waals surface area contributed by atoms with Gasteiger partial charge in [0.2, 0.25) is 10.0 Å². The van der Waals surface area contributed by atoms with Gasteiger partial charge in [0.25, 0.3) is 11.5 Å². The second-order valence-electron chi connectivity index (χ2n) is 6.92. The fraction of sp³-hybridized carbons (Fsp3) is 0.316. The van der Waals surface area contributed by atoms with Gasteiger partial charge >= 0.3 is 0 Å². The highest BCUT2D eigenvalue weighted by molar-refractivity contribution is 7.89. The molecule has 4 rings (SSSR count). The highest BCUT2D eigenvalue weighted by atomic mass is 32.2. The Labute approximate surface area is 171 Å². The lowest BCUT2D eigenvalue weighted by atomic mass is 10.2. The van der Waals surface area contributed by atoms with E-state index in [-0.39, 0.29) is 21.9 Å². The van der Waals surface area contributed by atoms with Crippen molar-refractivity contribution < 1.29 is 13.2 Å². The molecule has 0 radical (unpaired) electrons. The molecular weight excluding hydrogens is 412 g/mol. The van der Waals surface area contributed by atoms with E-state index in [0.717, 1.165) is 24.2 Å². The molecule has 29 heavy (non-hydrogen) atoms. The number of sulfonamides is 1. The fourth-order valence-electron chi connectivity index (χ4n) is 3.40. The van der Waals surface area contributed by atoms with Crippen LogP contribution in [0.4, 0.5) is 0 Å². The minimum Gasteiger partial charge on any atom is -0.334 e. The van der Waals surface area contributed by atoms with Crippen LogP contribution in [0.5, 0.6) is 0 Å². The fourth-order valence-corrected chi connectivity index (χ4v) is 6.31. The molecule has 1 N–H and O–H groups in total. The van der Waals surface area contributed by atoms with Crippen molar-refractivity contribution in [1.82, 2.24) is 19.2 Å². The van der Waals surface area contributed by atoms with E-state index in [9.17, 15) is 18.0 Å². The molecule has 152 valence electrons. The number of hydrogen-bond acceptors (Lipinski definition) is 6. The highest BCUT2D eigenvalue weighted by Crippen LogP contribution is 2.28. The summed E-state index contributed by atoms with van der Waals surface area (Å²) in [7, 11) is -2.13. The van der Waals surface area contributed by atoms with E-state index in [4.69, 9.17) is 0 Å². The molecule has 1 saturated heterocycles. The SMILES string of the molecule is CN(Cc1nc2ccccc2c(=O)[nH]1)C(=O)c1sccc1S(=O)(=O)N1CCCC1. The molecule has 0 unspecified atom stereocenters. The van der Waals surface area contributed by atoms with Crippen molar-refractivity contribution in [1.29, 1.82) is 0 Å². The lowest BCUT2D eigenvalue weighted by molar-refractivity contribution is 0.0782. The number of H-pyrrole nitrogens is 1.